The number of hydrogen-bond acceptors (Lipinski definition) is 3. The van der Waals surface area contributed by atoms with Gasteiger partial charge >= 0.3 is 0 Å². The lowest BCUT2D eigenvalue weighted by Gasteiger charge is -2.08. The van der Waals surface area contributed by atoms with Crippen LogP contribution in [0.25, 0.3) is 0 Å². The maximum absolute atomic E-state index is 13.9. The molecule has 102 valence electrons. The minimum Gasteiger partial charge on any atom is -0.223 e. The Morgan fingerprint density at radius 3 is 2.50 bits per heavy atom. The molecule has 2 aromatic carbocycles. The third-order valence-electron chi connectivity index (χ3n) is 2.72. The summed E-state index contributed by atoms with van der Waals surface area (Å²) in [7, 11) is -3.69. The predicted molar refractivity (Wildman–Crippen MR) is 76.1 cm³/mol. The van der Waals surface area contributed by atoms with Gasteiger partial charge in [0.15, 0.2) is 9.84 Å². The molecule has 0 aliphatic rings. The zero-order valence-electron chi connectivity index (χ0n) is 10.2. The van der Waals surface area contributed by atoms with E-state index >= 15 is 0 Å². The van der Waals surface area contributed by atoms with Crippen LogP contribution in [0.3, 0.4) is 0 Å². The largest absolute Gasteiger partial charge is 0.223 e. The van der Waals surface area contributed by atoms with Gasteiger partial charge < -0.3 is 0 Å². The number of halogens is 2. The van der Waals surface area contributed by atoms with Crippen molar-refractivity contribution in [3.63, 3.8) is 0 Å². The van der Waals surface area contributed by atoms with E-state index in [0.29, 0.717) is 4.47 Å². The summed E-state index contributed by atoms with van der Waals surface area (Å²) >= 11 is 3.17. The lowest BCUT2D eigenvalue weighted by Crippen LogP contribution is -2.08. The molecule has 0 saturated carbocycles. The smallest absolute Gasteiger partial charge is 0.183 e. The van der Waals surface area contributed by atoms with Crippen LogP contribution in [0.15, 0.2) is 51.8 Å². The van der Waals surface area contributed by atoms with Crippen LogP contribution in [-0.4, -0.2) is 8.42 Å². The molecule has 2 rings (SSSR count). The number of rotatable bonds is 3. The molecule has 0 aromatic heterocycles. The highest BCUT2D eigenvalue weighted by molar-refractivity contribution is 9.10. The molecular weight excluding hydrogens is 345 g/mol. The van der Waals surface area contributed by atoms with Gasteiger partial charge in [-0.2, -0.15) is 5.26 Å². The first-order chi connectivity index (χ1) is 9.45. The maximum Gasteiger partial charge on any atom is 0.183 e. The fourth-order valence-electron chi connectivity index (χ4n) is 1.76. The molecule has 0 heterocycles. The fourth-order valence-corrected chi connectivity index (χ4v) is 4.22. The first-order valence-electron chi connectivity index (χ1n) is 5.60. The van der Waals surface area contributed by atoms with Gasteiger partial charge in [0.2, 0.25) is 0 Å². The summed E-state index contributed by atoms with van der Waals surface area (Å²) in [6.07, 6.45) is 0. The second-order valence-electron chi connectivity index (χ2n) is 4.08. The van der Waals surface area contributed by atoms with Crippen LogP contribution >= 0.6 is 15.9 Å². The zero-order valence-corrected chi connectivity index (χ0v) is 12.6. The Balaban J connectivity index is 2.45. The molecule has 0 saturated heterocycles. The van der Waals surface area contributed by atoms with Gasteiger partial charge in [-0.25, -0.2) is 12.8 Å². The van der Waals surface area contributed by atoms with Crippen molar-refractivity contribution < 1.29 is 12.8 Å². The van der Waals surface area contributed by atoms with E-state index in [1.165, 1.54) is 24.3 Å². The zero-order chi connectivity index (χ0) is 14.8. The van der Waals surface area contributed by atoms with E-state index in [1.54, 1.807) is 24.3 Å². The van der Waals surface area contributed by atoms with E-state index in [-0.39, 0.29) is 16.0 Å². The van der Waals surface area contributed by atoms with Gasteiger partial charge in [0.25, 0.3) is 0 Å². The van der Waals surface area contributed by atoms with Crippen LogP contribution in [0.4, 0.5) is 4.39 Å². The minimum absolute atomic E-state index is 0.0141. The van der Waals surface area contributed by atoms with Crippen molar-refractivity contribution >= 4 is 25.8 Å². The van der Waals surface area contributed by atoms with E-state index in [1.807, 2.05) is 0 Å². The lowest BCUT2D eigenvalue weighted by molar-refractivity contribution is 0.586. The Morgan fingerprint density at radius 1 is 1.15 bits per heavy atom. The SMILES string of the molecule is N#Cc1cccc(CS(=O)(=O)c2ccccc2Br)c1F. The second-order valence-corrected chi connectivity index (χ2v) is 6.89. The molecule has 0 bridgehead atoms. The summed E-state index contributed by atoms with van der Waals surface area (Å²) < 4.78 is 38.9. The lowest BCUT2D eigenvalue weighted by atomic mass is 10.1. The average molecular weight is 354 g/mol. The van der Waals surface area contributed by atoms with Crippen LogP contribution in [0.5, 0.6) is 0 Å². The number of nitriles is 1. The van der Waals surface area contributed by atoms with E-state index < -0.39 is 21.4 Å². The summed E-state index contributed by atoms with van der Waals surface area (Å²) in [5.41, 5.74) is -0.176. The number of sulfone groups is 1. The minimum atomic E-state index is -3.69. The normalized spacial score (nSPS) is 11.1. The van der Waals surface area contributed by atoms with E-state index in [0.717, 1.165) is 0 Å². The van der Waals surface area contributed by atoms with Gasteiger partial charge in [-0.1, -0.05) is 24.3 Å². The molecule has 20 heavy (non-hydrogen) atoms. The van der Waals surface area contributed by atoms with Gasteiger partial charge in [-0.3, -0.25) is 0 Å². The molecule has 0 radical (unpaired) electrons. The van der Waals surface area contributed by atoms with E-state index in [2.05, 4.69) is 15.9 Å². The van der Waals surface area contributed by atoms with Gasteiger partial charge in [-0.05, 0) is 34.1 Å². The average Bonchev–Trinajstić information content (AvgIpc) is 2.41. The summed E-state index contributed by atoms with van der Waals surface area (Å²) in [5.74, 6) is -1.28. The quantitative estimate of drug-likeness (QED) is 0.849. The van der Waals surface area contributed by atoms with Crippen molar-refractivity contribution in [1.82, 2.24) is 0 Å². The molecule has 6 heteroatoms. The van der Waals surface area contributed by atoms with Gasteiger partial charge in [0.1, 0.15) is 11.9 Å². The highest BCUT2D eigenvalue weighted by Crippen LogP contribution is 2.26. The molecule has 0 unspecified atom stereocenters. The van der Waals surface area contributed by atoms with Crippen molar-refractivity contribution in [2.45, 2.75) is 10.6 Å². The standard InChI is InChI=1S/C14H9BrFNO2S/c15-12-6-1-2-7-13(12)20(18,19)9-11-5-3-4-10(8-17)14(11)16/h1-7H,9H2. The maximum atomic E-state index is 13.9. The monoisotopic (exact) mass is 353 g/mol. The van der Waals surface area contributed by atoms with E-state index in [9.17, 15) is 12.8 Å². The first kappa shape index (κ1) is 14.7. The van der Waals surface area contributed by atoms with Gasteiger partial charge in [-0.15, -0.1) is 0 Å². The molecule has 3 nitrogen and oxygen atoms in total. The topological polar surface area (TPSA) is 57.9 Å². The highest BCUT2D eigenvalue weighted by atomic mass is 79.9. The Morgan fingerprint density at radius 2 is 1.85 bits per heavy atom. The highest BCUT2D eigenvalue weighted by Gasteiger charge is 2.20. The van der Waals surface area contributed by atoms with Crippen molar-refractivity contribution in [3.8, 4) is 6.07 Å². The summed E-state index contributed by atoms with van der Waals surface area (Å²) in [5, 5.41) is 8.76. The van der Waals surface area contributed by atoms with Crippen molar-refractivity contribution in [2.75, 3.05) is 0 Å². The van der Waals surface area contributed by atoms with Gasteiger partial charge in [0.05, 0.1) is 16.2 Å². The molecule has 0 spiro atoms. The fraction of sp³-hybridized carbons (Fsp3) is 0.0714. The first-order valence-corrected chi connectivity index (χ1v) is 8.05. The Kier molecular flexibility index (Phi) is 4.21. The van der Waals surface area contributed by atoms with Crippen LogP contribution in [0.1, 0.15) is 11.1 Å². The number of nitrogens with zero attached hydrogens (tertiary/aromatic N) is 1. The molecule has 0 fully saturated rings. The van der Waals surface area contributed by atoms with Crippen LogP contribution in [0, 0.1) is 17.1 Å². The van der Waals surface area contributed by atoms with Gasteiger partial charge in [0, 0.05) is 10.0 Å². The molecular formula is C14H9BrFNO2S. The van der Waals surface area contributed by atoms with Crippen LogP contribution in [0.2, 0.25) is 0 Å². The molecule has 0 atom stereocenters. The Hall–Kier alpha value is -1.71. The van der Waals surface area contributed by atoms with E-state index in [4.69, 9.17) is 5.26 Å². The number of hydrogen-bond donors (Lipinski definition) is 0. The predicted octanol–water partition coefficient (Wildman–Crippen LogP) is 3.43. The van der Waals surface area contributed by atoms with Crippen molar-refractivity contribution in [2.24, 2.45) is 0 Å². The molecule has 0 aliphatic heterocycles. The Labute approximate surface area is 124 Å². The second kappa shape index (κ2) is 5.73. The molecule has 0 aliphatic carbocycles. The molecule has 0 amide bonds. The summed E-state index contributed by atoms with van der Waals surface area (Å²) in [6.45, 7) is 0. The number of benzene rings is 2. The van der Waals surface area contributed by atoms with Crippen molar-refractivity contribution in [3.05, 3.63) is 63.9 Å². The van der Waals surface area contributed by atoms with Crippen LogP contribution < -0.4 is 0 Å². The molecule has 0 N–H and O–H groups in total. The van der Waals surface area contributed by atoms with Crippen LogP contribution in [-0.2, 0) is 15.6 Å². The molecule has 2 aromatic rings. The Bertz CT molecular complexity index is 797. The van der Waals surface area contributed by atoms with Crippen molar-refractivity contribution in [1.29, 1.82) is 5.26 Å². The summed E-state index contributed by atoms with van der Waals surface area (Å²) in [6, 6.07) is 12.2. The third-order valence-corrected chi connectivity index (χ3v) is 5.39. The summed E-state index contributed by atoms with van der Waals surface area (Å²) in [4.78, 5) is 0.0989. The third kappa shape index (κ3) is 2.89.